The lowest BCUT2D eigenvalue weighted by Gasteiger charge is -2.60. The number of aliphatic hydroxyl groups is 2. The van der Waals surface area contributed by atoms with Crippen LogP contribution in [0.2, 0.25) is 0 Å². The summed E-state index contributed by atoms with van der Waals surface area (Å²) in [6.07, 6.45) is 3.99. The Hall–Kier alpha value is -1.52. The van der Waals surface area contributed by atoms with E-state index in [0.29, 0.717) is 37.9 Å². The van der Waals surface area contributed by atoms with Gasteiger partial charge in [0.15, 0.2) is 0 Å². The average molecular weight is 479 g/mol. The first-order valence-corrected chi connectivity index (χ1v) is 12.9. The van der Waals surface area contributed by atoms with E-state index in [0.717, 1.165) is 49.4 Å². The van der Waals surface area contributed by atoms with Gasteiger partial charge in [0.05, 0.1) is 32.3 Å². The number of carboxylic acids is 1. The number of aliphatic carboxylic acids is 1. The van der Waals surface area contributed by atoms with Gasteiger partial charge in [0, 0.05) is 43.0 Å². The van der Waals surface area contributed by atoms with Crippen LogP contribution in [0.4, 0.5) is 0 Å². The number of carbonyl (C=O) groups is 1. The number of aliphatic hydroxyl groups excluding tert-OH is 1. The number of carbonyl (C=O) groups excluding carboxylic acids is 1. The van der Waals surface area contributed by atoms with Crippen LogP contribution < -0.4 is 21.1 Å². The monoisotopic (exact) mass is 478 g/mol. The van der Waals surface area contributed by atoms with Gasteiger partial charge < -0.3 is 35.9 Å². The van der Waals surface area contributed by atoms with Crippen LogP contribution in [0.15, 0.2) is 16.1 Å². The Balaban J connectivity index is 1.89. The molecule has 6 N–H and O–H groups in total. The molecule has 34 heavy (non-hydrogen) atoms. The van der Waals surface area contributed by atoms with E-state index < -0.39 is 17.0 Å². The van der Waals surface area contributed by atoms with Crippen LogP contribution in [0, 0.1) is 28.6 Å². The number of allylic oxidation sites excluding steroid dienone is 1. The predicted octanol–water partition coefficient (Wildman–Crippen LogP) is -1.94. The standard InChI is InChI=1S/C25H42N4O5/c1-4-34-15-23(33)13-24-16(2)5-6-17(11-19(24)20(23)21(31)32)25(24)14-29(22(26)27-3)9-7-18(25)12-28-8-10-30/h16-18,28,30,33H,4-15H2,1-3H3,(H2,26,27)(H,31,32). The molecule has 9 nitrogen and oxygen atoms in total. The fraction of sp³-hybridized carbons (Fsp3) is 0.840. The minimum absolute atomic E-state index is 0.0336. The Bertz CT molecular complexity index is 862. The van der Waals surface area contributed by atoms with Crippen molar-refractivity contribution in [2.24, 2.45) is 39.3 Å². The topological polar surface area (TPSA) is 145 Å². The molecule has 4 aliphatic rings. The second-order valence-corrected chi connectivity index (χ2v) is 10.9. The Kier molecular flexibility index (Phi) is 7.15. The van der Waals surface area contributed by atoms with Gasteiger partial charge in [-0.1, -0.05) is 12.5 Å². The molecular formula is C25H42N4O5. The fourth-order valence-electron chi connectivity index (χ4n) is 8.59. The van der Waals surface area contributed by atoms with Gasteiger partial charge in [-0.3, -0.25) is 4.90 Å². The van der Waals surface area contributed by atoms with Crippen molar-refractivity contribution < 1.29 is 29.8 Å². The molecule has 192 valence electrons. The van der Waals surface area contributed by atoms with Crippen molar-refractivity contribution >= 4 is 11.9 Å². The van der Waals surface area contributed by atoms with Gasteiger partial charge in [0.2, 0.25) is 0 Å². The molecule has 2 bridgehead atoms. The van der Waals surface area contributed by atoms with E-state index in [4.69, 9.17) is 10.5 Å². The molecule has 1 saturated heterocycles. The maximum absolute atomic E-state index is 12.5. The molecule has 7 atom stereocenters. The molecule has 1 aliphatic heterocycles. The third-order valence-electron chi connectivity index (χ3n) is 9.74. The summed E-state index contributed by atoms with van der Waals surface area (Å²) in [5.74, 6) is 0.114. The molecule has 9 heteroatoms. The lowest BCUT2D eigenvalue weighted by atomic mass is 9.45. The molecule has 0 aromatic rings. The van der Waals surface area contributed by atoms with Crippen molar-refractivity contribution in [1.82, 2.24) is 5.32 Å². The van der Waals surface area contributed by atoms with Crippen molar-refractivity contribution in [2.45, 2.75) is 51.6 Å². The number of carboxylic acid groups (broad SMARTS) is 1. The van der Waals surface area contributed by atoms with E-state index in [2.05, 4.69) is 17.2 Å². The Morgan fingerprint density at radius 2 is 2.15 bits per heavy atom. The van der Waals surface area contributed by atoms with E-state index in [9.17, 15) is 20.1 Å². The van der Waals surface area contributed by atoms with E-state index >= 15 is 0 Å². The Labute approximate surface area is 202 Å². The molecule has 3 fully saturated rings. The first kappa shape index (κ1) is 25.6. The highest BCUT2D eigenvalue weighted by molar-refractivity contribution is 5.90. The van der Waals surface area contributed by atoms with E-state index in [1.54, 1.807) is 7.05 Å². The molecule has 3 aliphatic carbocycles. The third kappa shape index (κ3) is 3.54. The molecule has 0 radical (unpaired) electrons. The molecule has 4 rings (SSSR count). The summed E-state index contributed by atoms with van der Waals surface area (Å²) in [6.45, 7) is 7.43. The number of quaternary nitrogens is 1. The van der Waals surface area contributed by atoms with Crippen LogP contribution in [0.1, 0.15) is 46.0 Å². The van der Waals surface area contributed by atoms with Crippen LogP contribution in [0.3, 0.4) is 0 Å². The number of hydrogen-bond donors (Lipinski definition) is 5. The average Bonchev–Trinajstić information content (AvgIpc) is 3.16. The number of nitrogens with two attached hydrogens (primary N) is 1. The zero-order chi connectivity index (χ0) is 24.7. The summed E-state index contributed by atoms with van der Waals surface area (Å²) in [5.41, 5.74) is 5.08. The van der Waals surface area contributed by atoms with Gasteiger partial charge in [-0.25, -0.2) is 4.99 Å². The molecule has 0 amide bonds. The normalized spacial score (nSPS) is 41.9. The number of hydrogen-bond acceptors (Lipinski definition) is 7. The number of rotatable bonds is 8. The lowest BCUT2D eigenvalue weighted by Crippen LogP contribution is -3.19. The summed E-state index contributed by atoms with van der Waals surface area (Å²) in [5, 5.41) is 37.1. The van der Waals surface area contributed by atoms with Gasteiger partial charge >= 0.3 is 0 Å². The number of nitrogens with one attached hydrogen (secondary N) is 2. The number of nitrogens with zero attached hydrogens (tertiary/aromatic N) is 1. The minimum Gasteiger partial charge on any atom is -0.545 e. The zero-order valence-electron chi connectivity index (χ0n) is 20.9. The van der Waals surface area contributed by atoms with Crippen molar-refractivity contribution in [3.8, 4) is 0 Å². The predicted molar refractivity (Wildman–Crippen MR) is 126 cm³/mol. The summed E-state index contributed by atoms with van der Waals surface area (Å²) in [4.78, 5) is 18.0. The lowest BCUT2D eigenvalue weighted by molar-refractivity contribution is -0.828. The first-order valence-electron chi connectivity index (χ1n) is 12.9. The van der Waals surface area contributed by atoms with Gasteiger partial charge in [-0.2, -0.15) is 0 Å². The molecule has 2 spiro atoms. The number of likely N-dealkylation sites (tertiary alicyclic amines) is 1. The van der Waals surface area contributed by atoms with Crippen LogP contribution in [-0.4, -0.2) is 80.8 Å². The number of guanidine groups is 1. The highest BCUT2D eigenvalue weighted by atomic mass is 16.5. The van der Waals surface area contributed by atoms with E-state index in [1.807, 2.05) is 6.92 Å². The van der Waals surface area contributed by atoms with Crippen molar-refractivity contribution in [3.05, 3.63) is 11.1 Å². The van der Waals surface area contributed by atoms with Gasteiger partial charge in [-0.05, 0) is 56.9 Å². The van der Waals surface area contributed by atoms with Crippen LogP contribution >= 0.6 is 0 Å². The fourth-order valence-corrected chi connectivity index (χ4v) is 8.59. The molecule has 1 heterocycles. The molecule has 0 aromatic carbocycles. The highest BCUT2D eigenvalue weighted by Gasteiger charge is 2.75. The van der Waals surface area contributed by atoms with Gasteiger partial charge in [0.1, 0.15) is 5.60 Å². The summed E-state index contributed by atoms with van der Waals surface area (Å²) >= 11 is 0. The molecule has 0 aromatic heterocycles. The molecule has 2 saturated carbocycles. The van der Waals surface area contributed by atoms with Crippen molar-refractivity contribution in [1.29, 1.82) is 0 Å². The summed E-state index contributed by atoms with van der Waals surface area (Å²) in [7, 11) is 1.72. The maximum atomic E-state index is 12.5. The largest absolute Gasteiger partial charge is 0.545 e. The second-order valence-electron chi connectivity index (χ2n) is 10.9. The van der Waals surface area contributed by atoms with Crippen LogP contribution in [0.25, 0.3) is 0 Å². The Morgan fingerprint density at radius 3 is 2.79 bits per heavy atom. The zero-order valence-corrected chi connectivity index (χ0v) is 20.9. The maximum Gasteiger partial charge on any atom is 0.293 e. The highest BCUT2D eigenvalue weighted by Crippen LogP contribution is 2.76. The molecular weight excluding hydrogens is 436 g/mol. The van der Waals surface area contributed by atoms with Crippen LogP contribution in [0.5, 0.6) is 0 Å². The minimum atomic E-state index is -1.56. The summed E-state index contributed by atoms with van der Waals surface area (Å²) in [6, 6.07) is 0. The van der Waals surface area contributed by atoms with Crippen LogP contribution in [-0.2, 0) is 9.53 Å². The number of ether oxygens (including phenoxy) is 1. The smallest absolute Gasteiger partial charge is 0.293 e. The van der Waals surface area contributed by atoms with Crippen molar-refractivity contribution in [2.75, 3.05) is 53.0 Å². The molecule has 7 unspecified atom stereocenters. The Morgan fingerprint density at radius 1 is 1.38 bits per heavy atom. The van der Waals surface area contributed by atoms with Crippen molar-refractivity contribution in [3.63, 3.8) is 0 Å². The van der Waals surface area contributed by atoms with Gasteiger partial charge in [0.25, 0.3) is 5.96 Å². The summed E-state index contributed by atoms with van der Waals surface area (Å²) < 4.78 is 5.63. The quantitative estimate of drug-likeness (QED) is 0.155. The third-order valence-corrected chi connectivity index (χ3v) is 9.74. The first-order chi connectivity index (χ1) is 16.2. The van der Waals surface area contributed by atoms with E-state index in [1.165, 1.54) is 0 Å². The second kappa shape index (κ2) is 9.50. The number of piperidine rings is 1. The van der Waals surface area contributed by atoms with E-state index in [-0.39, 0.29) is 36.0 Å². The SMILES string of the molecule is CCOCC1(O)CC23C(=C1C(=O)[O-])CC(CCC2C)C31C[NH+](C(N)=NC)CCC1CNCCO. The number of aliphatic imine (C=N–C) groups is 1. The van der Waals surface area contributed by atoms with Gasteiger partial charge in [-0.15, -0.1) is 0 Å².